The van der Waals surface area contributed by atoms with Crippen molar-refractivity contribution in [3.63, 3.8) is 0 Å². The van der Waals surface area contributed by atoms with Crippen molar-refractivity contribution in [2.75, 3.05) is 0 Å². The van der Waals surface area contributed by atoms with E-state index < -0.39 is 0 Å². The molecule has 0 saturated heterocycles. The summed E-state index contributed by atoms with van der Waals surface area (Å²) < 4.78 is 2.90. The highest BCUT2D eigenvalue weighted by molar-refractivity contribution is 14.1. The van der Waals surface area contributed by atoms with Gasteiger partial charge in [0.1, 0.15) is 10.8 Å². The van der Waals surface area contributed by atoms with Crippen LogP contribution in [0.25, 0.3) is 11.5 Å². The Morgan fingerprint density at radius 1 is 1.35 bits per heavy atom. The van der Waals surface area contributed by atoms with Crippen LogP contribution in [0.1, 0.15) is 44.2 Å². The molecule has 0 N–H and O–H groups in total. The van der Waals surface area contributed by atoms with Crippen molar-refractivity contribution in [3.8, 4) is 11.5 Å². The van der Waals surface area contributed by atoms with Crippen LogP contribution in [0.5, 0.6) is 0 Å². The molecule has 2 heterocycles. The van der Waals surface area contributed by atoms with Gasteiger partial charge in [0.25, 0.3) is 0 Å². The fourth-order valence-corrected chi connectivity index (χ4v) is 3.65. The Hall–Kier alpha value is -0.690. The van der Waals surface area contributed by atoms with E-state index in [0.29, 0.717) is 16.9 Å². The number of hydrogen-bond acceptors (Lipinski definition) is 3. The Bertz CT molecular complexity index is 620. The van der Waals surface area contributed by atoms with Gasteiger partial charge in [0, 0.05) is 18.7 Å². The lowest BCUT2D eigenvalue weighted by Gasteiger charge is -2.13. The SMILES string of the molecule is CCn1nccc1-c1nc(Cl)c(I)c(C2CCCC2)n1. The van der Waals surface area contributed by atoms with Gasteiger partial charge in [-0.1, -0.05) is 24.4 Å². The van der Waals surface area contributed by atoms with Crippen LogP contribution in [0.4, 0.5) is 0 Å². The molecule has 1 saturated carbocycles. The number of aromatic nitrogens is 4. The van der Waals surface area contributed by atoms with Gasteiger partial charge in [-0.15, -0.1) is 0 Å². The van der Waals surface area contributed by atoms with E-state index in [1.54, 1.807) is 6.20 Å². The first-order valence-electron chi connectivity index (χ1n) is 6.95. The summed E-state index contributed by atoms with van der Waals surface area (Å²) in [4.78, 5) is 9.24. The second-order valence-electron chi connectivity index (χ2n) is 5.05. The lowest BCUT2D eigenvalue weighted by molar-refractivity contribution is 0.658. The topological polar surface area (TPSA) is 43.6 Å². The third-order valence-electron chi connectivity index (χ3n) is 3.82. The molecular weight excluding hydrogens is 387 g/mol. The normalized spacial score (nSPS) is 15.9. The van der Waals surface area contributed by atoms with Crippen molar-refractivity contribution in [1.29, 1.82) is 0 Å². The van der Waals surface area contributed by atoms with Crippen LogP contribution in [0.3, 0.4) is 0 Å². The first-order chi connectivity index (χ1) is 9.70. The Labute approximate surface area is 137 Å². The van der Waals surface area contributed by atoms with Gasteiger partial charge in [0.15, 0.2) is 5.82 Å². The van der Waals surface area contributed by atoms with E-state index in [0.717, 1.165) is 21.5 Å². The van der Waals surface area contributed by atoms with Crippen molar-refractivity contribution < 1.29 is 0 Å². The van der Waals surface area contributed by atoms with Crippen LogP contribution >= 0.6 is 34.2 Å². The summed E-state index contributed by atoms with van der Waals surface area (Å²) in [7, 11) is 0. The molecule has 0 amide bonds. The molecule has 2 aromatic heterocycles. The summed E-state index contributed by atoms with van der Waals surface area (Å²) in [5, 5.41) is 4.84. The van der Waals surface area contributed by atoms with Gasteiger partial charge in [0.2, 0.25) is 0 Å². The molecule has 1 fully saturated rings. The van der Waals surface area contributed by atoms with Crippen molar-refractivity contribution in [3.05, 3.63) is 26.7 Å². The molecule has 106 valence electrons. The van der Waals surface area contributed by atoms with Gasteiger partial charge >= 0.3 is 0 Å². The van der Waals surface area contributed by atoms with Crippen LogP contribution in [0, 0.1) is 3.57 Å². The quantitative estimate of drug-likeness (QED) is 0.569. The molecule has 0 unspecified atom stereocenters. The highest BCUT2D eigenvalue weighted by Gasteiger charge is 2.24. The van der Waals surface area contributed by atoms with Crippen LogP contribution in [-0.2, 0) is 6.54 Å². The Balaban J connectivity index is 2.08. The van der Waals surface area contributed by atoms with Crippen molar-refractivity contribution in [2.24, 2.45) is 0 Å². The summed E-state index contributed by atoms with van der Waals surface area (Å²) in [6.07, 6.45) is 6.75. The van der Waals surface area contributed by atoms with E-state index in [4.69, 9.17) is 16.6 Å². The average molecular weight is 403 g/mol. The minimum absolute atomic E-state index is 0.527. The standard InChI is InChI=1S/C14H16ClIN4/c1-2-20-10(7-8-17-20)14-18-12(9-5-3-4-6-9)11(16)13(15)19-14/h7-9H,2-6H2,1H3. The number of hydrogen-bond donors (Lipinski definition) is 0. The molecule has 0 bridgehead atoms. The molecule has 0 aromatic carbocycles. The number of halogens is 2. The zero-order valence-corrected chi connectivity index (χ0v) is 14.2. The van der Waals surface area contributed by atoms with Crippen LogP contribution in [-0.4, -0.2) is 19.7 Å². The lowest BCUT2D eigenvalue weighted by atomic mass is 10.0. The summed E-state index contributed by atoms with van der Waals surface area (Å²) in [5.74, 6) is 1.22. The Morgan fingerprint density at radius 2 is 2.10 bits per heavy atom. The van der Waals surface area contributed by atoms with Crippen molar-refractivity contribution >= 4 is 34.2 Å². The lowest BCUT2D eigenvalue weighted by Crippen LogP contribution is -2.07. The van der Waals surface area contributed by atoms with Crippen LogP contribution < -0.4 is 0 Å². The largest absolute Gasteiger partial charge is 0.262 e. The van der Waals surface area contributed by atoms with Crippen molar-refractivity contribution in [2.45, 2.75) is 45.1 Å². The zero-order valence-electron chi connectivity index (χ0n) is 11.3. The zero-order chi connectivity index (χ0) is 14.1. The third-order valence-corrected chi connectivity index (χ3v) is 5.48. The average Bonchev–Trinajstić information content (AvgIpc) is 3.11. The fraction of sp³-hybridized carbons (Fsp3) is 0.500. The maximum absolute atomic E-state index is 6.32. The minimum atomic E-state index is 0.527. The molecule has 0 spiro atoms. The molecule has 2 aromatic rings. The van der Waals surface area contributed by atoms with E-state index in [9.17, 15) is 0 Å². The van der Waals surface area contributed by atoms with E-state index >= 15 is 0 Å². The van der Waals surface area contributed by atoms with Crippen LogP contribution in [0.15, 0.2) is 12.3 Å². The van der Waals surface area contributed by atoms with Crippen molar-refractivity contribution in [1.82, 2.24) is 19.7 Å². The summed E-state index contributed by atoms with van der Waals surface area (Å²) in [6.45, 7) is 2.86. The van der Waals surface area contributed by atoms with E-state index in [-0.39, 0.29) is 0 Å². The van der Waals surface area contributed by atoms with Gasteiger partial charge in [-0.3, -0.25) is 4.68 Å². The maximum Gasteiger partial charge on any atom is 0.179 e. The summed E-state index contributed by atoms with van der Waals surface area (Å²) >= 11 is 8.59. The van der Waals surface area contributed by atoms with E-state index in [1.165, 1.54) is 25.7 Å². The molecular formula is C14H16ClIN4. The first kappa shape index (κ1) is 14.3. The molecule has 0 radical (unpaired) electrons. The fourth-order valence-electron chi connectivity index (χ4n) is 2.79. The molecule has 1 aliphatic rings. The third kappa shape index (κ3) is 2.57. The maximum atomic E-state index is 6.32. The van der Waals surface area contributed by atoms with Gasteiger partial charge in [0.05, 0.1) is 9.26 Å². The Kier molecular flexibility index (Phi) is 4.26. The second-order valence-corrected chi connectivity index (χ2v) is 6.49. The first-order valence-corrected chi connectivity index (χ1v) is 8.41. The van der Waals surface area contributed by atoms with Gasteiger partial charge in [-0.2, -0.15) is 5.10 Å². The van der Waals surface area contributed by atoms with E-state index in [1.807, 2.05) is 10.7 Å². The predicted octanol–water partition coefficient (Wildman–Crippen LogP) is 4.28. The second kappa shape index (κ2) is 5.97. The summed E-state index contributed by atoms with van der Waals surface area (Å²) in [5.41, 5.74) is 2.05. The molecule has 4 nitrogen and oxygen atoms in total. The smallest absolute Gasteiger partial charge is 0.179 e. The van der Waals surface area contributed by atoms with E-state index in [2.05, 4.69) is 39.6 Å². The molecule has 1 aliphatic carbocycles. The highest BCUT2D eigenvalue weighted by atomic mass is 127. The molecule has 0 aliphatic heterocycles. The summed E-state index contributed by atoms with van der Waals surface area (Å²) in [6, 6.07) is 1.94. The highest BCUT2D eigenvalue weighted by Crippen LogP contribution is 2.37. The molecule has 3 rings (SSSR count). The van der Waals surface area contributed by atoms with Crippen LogP contribution in [0.2, 0.25) is 5.15 Å². The number of aryl methyl sites for hydroxylation is 1. The minimum Gasteiger partial charge on any atom is -0.262 e. The molecule has 6 heteroatoms. The predicted molar refractivity (Wildman–Crippen MR) is 87.9 cm³/mol. The number of rotatable bonds is 3. The van der Waals surface area contributed by atoms with Gasteiger partial charge < -0.3 is 0 Å². The number of nitrogens with zero attached hydrogens (tertiary/aromatic N) is 4. The molecule has 20 heavy (non-hydrogen) atoms. The molecule has 0 atom stereocenters. The van der Waals surface area contributed by atoms with Gasteiger partial charge in [-0.25, -0.2) is 9.97 Å². The Morgan fingerprint density at radius 3 is 2.80 bits per heavy atom. The monoisotopic (exact) mass is 402 g/mol. The van der Waals surface area contributed by atoms with Gasteiger partial charge in [-0.05, 0) is 48.4 Å².